The molecule has 122 valence electrons. The summed E-state index contributed by atoms with van der Waals surface area (Å²) in [4.78, 5) is 4.23. The lowest BCUT2D eigenvalue weighted by Gasteiger charge is -2.25. The van der Waals surface area contributed by atoms with E-state index in [2.05, 4.69) is 15.6 Å². The summed E-state index contributed by atoms with van der Waals surface area (Å²) in [5, 5.41) is 6.61. The smallest absolute Gasteiger partial charge is 0.191 e. The Labute approximate surface area is 132 Å². The number of rotatable bonds is 6. The highest BCUT2D eigenvalue weighted by molar-refractivity contribution is 5.79. The van der Waals surface area contributed by atoms with E-state index in [1.807, 2.05) is 19.9 Å². The third-order valence-corrected chi connectivity index (χ3v) is 4.34. The molecule has 5 heteroatoms. The normalized spacial score (nSPS) is 17.2. The van der Waals surface area contributed by atoms with Gasteiger partial charge in [0, 0.05) is 32.7 Å². The van der Waals surface area contributed by atoms with Crippen LogP contribution in [-0.4, -0.2) is 38.8 Å². The molecule has 0 aromatic heterocycles. The Morgan fingerprint density at radius 3 is 2.64 bits per heavy atom. The molecule has 1 aromatic rings. The van der Waals surface area contributed by atoms with Crippen LogP contribution in [-0.2, 0) is 10.2 Å². The van der Waals surface area contributed by atoms with E-state index in [-0.39, 0.29) is 16.8 Å². The van der Waals surface area contributed by atoms with Crippen LogP contribution in [0, 0.1) is 5.82 Å². The molecule has 1 fully saturated rings. The summed E-state index contributed by atoms with van der Waals surface area (Å²) >= 11 is 0. The van der Waals surface area contributed by atoms with E-state index < -0.39 is 0 Å². The van der Waals surface area contributed by atoms with Gasteiger partial charge in [0.15, 0.2) is 5.96 Å². The summed E-state index contributed by atoms with van der Waals surface area (Å²) in [5.41, 5.74) is 0.848. The van der Waals surface area contributed by atoms with Crippen LogP contribution in [0.3, 0.4) is 0 Å². The van der Waals surface area contributed by atoms with Gasteiger partial charge in [0.2, 0.25) is 0 Å². The van der Waals surface area contributed by atoms with Gasteiger partial charge in [0.05, 0.1) is 5.60 Å². The molecule has 0 heterocycles. The lowest BCUT2D eigenvalue weighted by atomic mass is 9.96. The average molecular weight is 307 g/mol. The third kappa shape index (κ3) is 4.19. The van der Waals surface area contributed by atoms with Gasteiger partial charge in [0.1, 0.15) is 5.82 Å². The first-order valence-electron chi connectivity index (χ1n) is 7.66. The average Bonchev–Trinajstić information content (AvgIpc) is 3.29. The van der Waals surface area contributed by atoms with E-state index in [1.165, 1.54) is 6.07 Å². The summed E-state index contributed by atoms with van der Waals surface area (Å²) in [6.07, 6.45) is 2.15. The number of benzene rings is 1. The molecule has 0 atom stereocenters. The highest BCUT2D eigenvalue weighted by Gasteiger charge is 2.44. The Kier molecular flexibility index (Phi) is 5.06. The van der Waals surface area contributed by atoms with Crippen LogP contribution in [0.25, 0.3) is 0 Å². The molecular weight excluding hydrogens is 281 g/mol. The predicted molar refractivity (Wildman–Crippen MR) is 87.8 cm³/mol. The van der Waals surface area contributed by atoms with Crippen LogP contribution in [0.1, 0.15) is 32.3 Å². The molecule has 0 unspecified atom stereocenters. The maximum Gasteiger partial charge on any atom is 0.191 e. The Morgan fingerprint density at radius 1 is 1.36 bits per heavy atom. The minimum Gasteiger partial charge on any atom is -0.377 e. The van der Waals surface area contributed by atoms with Crippen molar-refractivity contribution >= 4 is 5.96 Å². The van der Waals surface area contributed by atoms with Gasteiger partial charge in [-0.25, -0.2) is 4.39 Å². The van der Waals surface area contributed by atoms with Crippen LogP contribution in [0.4, 0.5) is 4.39 Å². The van der Waals surface area contributed by atoms with E-state index in [0.29, 0.717) is 6.54 Å². The van der Waals surface area contributed by atoms with E-state index in [9.17, 15) is 4.39 Å². The molecule has 4 nitrogen and oxygen atoms in total. The second-order valence-electron chi connectivity index (χ2n) is 6.53. The summed E-state index contributed by atoms with van der Waals surface area (Å²) in [6.45, 7) is 5.45. The highest BCUT2D eigenvalue weighted by atomic mass is 19.1. The number of guanidine groups is 1. The molecule has 0 radical (unpaired) electrons. The zero-order valence-corrected chi connectivity index (χ0v) is 13.9. The molecule has 1 saturated carbocycles. The SMILES string of the molecule is CN=C(NCC(C)(C)OC)NCC1(c2cccc(F)c2)CC1. The van der Waals surface area contributed by atoms with Crippen LogP contribution >= 0.6 is 0 Å². The lowest BCUT2D eigenvalue weighted by Crippen LogP contribution is -2.47. The van der Waals surface area contributed by atoms with Crippen molar-refractivity contribution in [3.63, 3.8) is 0 Å². The molecule has 0 aliphatic heterocycles. The third-order valence-electron chi connectivity index (χ3n) is 4.34. The van der Waals surface area contributed by atoms with Gasteiger partial charge >= 0.3 is 0 Å². The summed E-state index contributed by atoms with van der Waals surface area (Å²) in [6, 6.07) is 6.90. The van der Waals surface area contributed by atoms with E-state index in [0.717, 1.165) is 30.9 Å². The van der Waals surface area contributed by atoms with Gasteiger partial charge in [-0.1, -0.05) is 12.1 Å². The van der Waals surface area contributed by atoms with Gasteiger partial charge in [-0.15, -0.1) is 0 Å². The van der Waals surface area contributed by atoms with Crippen molar-refractivity contribution < 1.29 is 9.13 Å². The molecule has 0 amide bonds. The topological polar surface area (TPSA) is 45.7 Å². The fourth-order valence-corrected chi connectivity index (χ4v) is 2.38. The maximum atomic E-state index is 13.4. The van der Waals surface area contributed by atoms with Crippen molar-refractivity contribution in [2.75, 3.05) is 27.2 Å². The molecule has 22 heavy (non-hydrogen) atoms. The summed E-state index contributed by atoms with van der Waals surface area (Å²) < 4.78 is 18.8. The number of methoxy groups -OCH3 is 1. The Bertz CT molecular complexity index is 538. The summed E-state index contributed by atoms with van der Waals surface area (Å²) in [7, 11) is 3.44. The molecule has 2 rings (SSSR count). The van der Waals surface area contributed by atoms with Crippen LogP contribution in [0.5, 0.6) is 0 Å². The first-order valence-corrected chi connectivity index (χ1v) is 7.66. The minimum absolute atomic E-state index is 0.0382. The molecule has 0 spiro atoms. The Hall–Kier alpha value is -1.62. The standard InChI is InChI=1S/C17H26FN3O/c1-16(2,22-4)11-20-15(19-3)21-12-17(8-9-17)13-6-5-7-14(18)10-13/h5-7,10H,8-9,11-12H2,1-4H3,(H2,19,20,21). The second-order valence-corrected chi connectivity index (χ2v) is 6.53. The number of nitrogens with zero attached hydrogens (tertiary/aromatic N) is 1. The van der Waals surface area contributed by atoms with E-state index >= 15 is 0 Å². The number of hydrogen-bond acceptors (Lipinski definition) is 2. The number of nitrogens with one attached hydrogen (secondary N) is 2. The van der Waals surface area contributed by atoms with E-state index in [4.69, 9.17) is 4.74 Å². The number of aliphatic imine (C=N–C) groups is 1. The maximum absolute atomic E-state index is 13.4. The summed E-state index contributed by atoms with van der Waals surface area (Å²) in [5.74, 6) is 0.570. The van der Waals surface area contributed by atoms with Crippen molar-refractivity contribution in [3.8, 4) is 0 Å². The fourth-order valence-electron chi connectivity index (χ4n) is 2.38. The van der Waals surface area contributed by atoms with Crippen molar-refractivity contribution in [3.05, 3.63) is 35.6 Å². The molecule has 0 bridgehead atoms. The molecule has 1 aliphatic rings. The second kappa shape index (κ2) is 6.65. The molecule has 0 saturated heterocycles. The number of halogens is 1. The number of hydrogen-bond donors (Lipinski definition) is 2. The van der Waals surface area contributed by atoms with Crippen molar-refractivity contribution in [1.29, 1.82) is 0 Å². The van der Waals surface area contributed by atoms with Gasteiger partial charge in [-0.05, 0) is 44.4 Å². The first-order chi connectivity index (χ1) is 10.4. The van der Waals surface area contributed by atoms with Crippen molar-refractivity contribution in [2.45, 2.75) is 37.7 Å². The first kappa shape index (κ1) is 16.7. The predicted octanol–water partition coefficient (Wildman–Crippen LogP) is 2.45. The Morgan fingerprint density at radius 2 is 2.09 bits per heavy atom. The molecule has 1 aromatic carbocycles. The quantitative estimate of drug-likeness (QED) is 0.627. The molecule has 1 aliphatic carbocycles. The van der Waals surface area contributed by atoms with E-state index in [1.54, 1.807) is 26.3 Å². The van der Waals surface area contributed by atoms with Gasteiger partial charge in [-0.3, -0.25) is 4.99 Å². The minimum atomic E-state index is -0.253. The largest absolute Gasteiger partial charge is 0.377 e. The van der Waals surface area contributed by atoms with Gasteiger partial charge < -0.3 is 15.4 Å². The molecule has 2 N–H and O–H groups in total. The van der Waals surface area contributed by atoms with Gasteiger partial charge in [0.25, 0.3) is 0 Å². The van der Waals surface area contributed by atoms with Crippen LogP contribution < -0.4 is 10.6 Å². The van der Waals surface area contributed by atoms with Gasteiger partial charge in [-0.2, -0.15) is 0 Å². The fraction of sp³-hybridized carbons (Fsp3) is 0.588. The molecular formula is C17H26FN3O. The van der Waals surface area contributed by atoms with Crippen molar-refractivity contribution in [2.24, 2.45) is 4.99 Å². The zero-order valence-electron chi connectivity index (χ0n) is 13.9. The van der Waals surface area contributed by atoms with Crippen LogP contribution in [0.2, 0.25) is 0 Å². The number of ether oxygens (including phenoxy) is 1. The zero-order chi connectivity index (χ0) is 16.2. The van der Waals surface area contributed by atoms with Crippen LogP contribution in [0.15, 0.2) is 29.3 Å². The van der Waals surface area contributed by atoms with Crippen molar-refractivity contribution in [1.82, 2.24) is 10.6 Å². The Balaban J connectivity index is 1.91. The monoisotopic (exact) mass is 307 g/mol. The highest BCUT2D eigenvalue weighted by Crippen LogP contribution is 2.47. The lowest BCUT2D eigenvalue weighted by molar-refractivity contribution is 0.0268.